The number of hydrogen-bond acceptors (Lipinski definition) is 0. The lowest BCUT2D eigenvalue weighted by molar-refractivity contribution is 0.488. The smallest absolute Gasteiger partial charge is 0.0471 e. The van der Waals surface area contributed by atoms with E-state index < -0.39 is 0 Å². The van der Waals surface area contributed by atoms with Gasteiger partial charge in [0.15, 0.2) is 0 Å². The lowest BCUT2D eigenvalue weighted by Gasteiger charge is -2.05. The van der Waals surface area contributed by atoms with E-state index in [2.05, 4.69) is 27.7 Å². The molecule has 0 bridgehead atoms. The Bertz CT molecular complexity index is 70.0. The van der Waals surface area contributed by atoms with Crippen molar-refractivity contribution in [3.8, 4) is 0 Å². The average Bonchev–Trinajstić information content (AvgIpc) is 1.95. The molecule has 0 aliphatic heterocycles. The van der Waals surface area contributed by atoms with Crippen LogP contribution in [-0.4, -0.2) is 0 Å². The van der Waals surface area contributed by atoms with E-state index in [0.717, 1.165) is 11.8 Å². The van der Waals surface area contributed by atoms with Gasteiger partial charge in [-0.25, -0.2) is 0 Å². The van der Waals surface area contributed by atoms with Gasteiger partial charge in [0.25, 0.3) is 0 Å². The standard InChI is InChI=1S/C12H26.10CH4/c1-11(2)9-7-5-6-8-10-12(3)4;;;;;;;;;;/h11-12H,5-10H2,1-4H3;10*1H4. The Morgan fingerprint density at radius 3 is 0.682 bits per heavy atom. The molecule has 0 aromatic heterocycles. The van der Waals surface area contributed by atoms with Gasteiger partial charge in [0.2, 0.25) is 0 Å². The Morgan fingerprint density at radius 2 is 0.545 bits per heavy atom. The Hall–Kier alpha value is 0. The van der Waals surface area contributed by atoms with Crippen molar-refractivity contribution in [3.63, 3.8) is 0 Å². The first kappa shape index (κ1) is 80.2. The monoisotopic (exact) mass is 331 g/mol. The molecular weight excluding hydrogens is 264 g/mol. The molecule has 0 saturated heterocycles. The predicted molar refractivity (Wildman–Crippen MR) is 125 cm³/mol. The van der Waals surface area contributed by atoms with Gasteiger partial charge in [-0.3, -0.25) is 0 Å². The van der Waals surface area contributed by atoms with Crippen LogP contribution in [0.5, 0.6) is 0 Å². The van der Waals surface area contributed by atoms with Crippen molar-refractivity contribution < 1.29 is 0 Å². The summed E-state index contributed by atoms with van der Waals surface area (Å²) >= 11 is 0. The summed E-state index contributed by atoms with van der Waals surface area (Å²) in [4.78, 5) is 0. The van der Waals surface area contributed by atoms with Gasteiger partial charge in [0.05, 0.1) is 0 Å². The summed E-state index contributed by atoms with van der Waals surface area (Å²) in [6.07, 6.45) is 8.62. The minimum absolute atomic E-state index is 0. The van der Waals surface area contributed by atoms with Crippen molar-refractivity contribution in [1.82, 2.24) is 0 Å². The summed E-state index contributed by atoms with van der Waals surface area (Å²) in [5.74, 6) is 1.80. The number of hydrogen-bond donors (Lipinski definition) is 0. The van der Waals surface area contributed by atoms with Gasteiger partial charge >= 0.3 is 0 Å². The van der Waals surface area contributed by atoms with Crippen LogP contribution in [0.25, 0.3) is 0 Å². The molecule has 0 saturated carbocycles. The van der Waals surface area contributed by atoms with E-state index in [1.807, 2.05) is 0 Å². The summed E-state index contributed by atoms with van der Waals surface area (Å²) < 4.78 is 0. The van der Waals surface area contributed by atoms with Crippen LogP contribution in [0.4, 0.5) is 0 Å². The largest absolute Gasteiger partial charge is 0.0776 e. The van der Waals surface area contributed by atoms with Crippen LogP contribution in [0, 0.1) is 11.8 Å². The van der Waals surface area contributed by atoms with Gasteiger partial charge in [-0.1, -0.05) is 140 Å². The lowest BCUT2D eigenvalue weighted by atomic mass is 10.0. The maximum atomic E-state index is 2.31. The van der Waals surface area contributed by atoms with Crippen LogP contribution in [0.3, 0.4) is 0 Å². The molecule has 0 heteroatoms. The molecule has 0 unspecified atom stereocenters. The molecule has 0 amide bonds. The molecule has 0 heterocycles. The quantitative estimate of drug-likeness (QED) is 0.407. The van der Waals surface area contributed by atoms with Crippen molar-refractivity contribution in [2.24, 2.45) is 11.8 Å². The Balaban J connectivity index is -0.0000000134. The zero-order chi connectivity index (χ0) is 9.40. The molecule has 0 N–H and O–H groups in total. The van der Waals surface area contributed by atoms with E-state index in [1.54, 1.807) is 0 Å². The third-order valence-corrected chi connectivity index (χ3v) is 2.31. The fourth-order valence-electron chi connectivity index (χ4n) is 1.46. The van der Waals surface area contributed by atoms with Crippen LogP contribution in [0.2, 0.25) is 0 Å². The molecule has 22 heavy (non-hydrogen) atoms. The van der Waals surface area contributed by atoms with Crippen molar-refractivity contribution in [2.45, 2.75) is 140 Å². The topological polar surface area (TPSA) is 0 Å². The van der Waals surface area contributed by atoms with Gasteiger partial charge < -0.3 is 0 Å². The number of unbranched alkanes of at least 4 members (excludes halogenated alkanes) is 3. The highest BCUT2D eigenvalue weighted by Gasteiger charge is 1.96. The third-order valence-electron chi connectivity index (χ3n) is 2.31. The first-order valence-corrected chi connectivity index (χ1v) is 5.63. The maximum absolute atomic E-state index is 2.31. The van der Waals surface area contributed by atoms with Crippen molar-refractivity contribution in [2.75, 3.05) is 0 Å². The van der Waals surface area contributed by atoms with Crippen LogP contribution in [0.15, 0.2) is 0 Å². The molecule has 0 radical (unpaired) electrons. The fourth-order valence-corrected chi connectivity index (χ4v) is 1.46. The van der Waals surface area contributed by atoms with Crippen LogP contribution >= 0.6 is 0 Å². The summed E-state index contributed by atoms with van der Waals surface area (Å²) in [5.41, 5.74) is 0. The second kappa shape index (κ2) is 58.3. The maximum Gasteiger partial charge on any atom is -0.0471 e. The zero-order valence-corrected chi connectivity index (χ0v) is 9.40. The summed E-state index contributed by atoms with van der Waals surface area (Å²) in [7, 11) is 0. The summed E-state index contributed by atoms with van der Waals surface area (Å²) in [6.45, 7) is 9.25. The molecule has 0 spiro atoms. The van der Waals surface area contributed by atoms with Crippen molar-refractivity contribution in [1.29, 1.82) is 0 Å². The first-order chi connectivity index (χ1) is 5.63. The van der Waals surface area contributed by atoms with Gasteiger partial charge in [-0.15, -0.1) is 0 Å². The van der Waals surface area contributed by atoms with E-state index in [4.69, 9.17) is 0 Å². The zero-order valence-electron chi connectivity index (χ0n) is 9.40. The van der Waals surface area contributed by atoms with Crippen molar-refractivity contribution >= 4 is 0 Å². The highest BCUT2D eigenvalue weighted by atomic mass is 14.0. The Kier molecular flexibility index (Phi) is 213. The third kappa shape index (κ3) is 89.1. The summed E-state index contributed by atoms with van der Waals surface area (Å²) in [6, 6.07) is 0. The lowest BCUT2D eigenvalue weighted by Crippen LogP contribution is -1.89. The molecule has 0 aromatic rings. The highest BCUT2D eigenvalue weighted by Crippen LogP contribution is 2.12. The van der Waals surface area contributed by atoms with Crippen LogP contribution in [-0.2, 0) is 0 Å². The fraction of sp³-hybridized carbons (Fsp3) is 1.00. The SMILES string of the molecule is C.C.C.C.C.C.C.C.C.C.CC(C)CCCCCCC(C)C. The minimum atomic E-state index is 0. The first-order valence-electron chi connectivity index (χ1n) is 5.63. The second-order valence-corrected chi connectivity index (χ2v) is 4.78. The highest BCUT2D eigenvalue weighted by molar-refractivity contribution is 4.50. The molecule has 0 rings (SSSR count). The van der Waals surface area contributed by atoms with Crippen LogP contribution < -0.4 is 0 Å². The normalized spacial score (nSPS) is 6.27. The molecule has 0 aromatic carbocycles. The molecule has 0 fully saturated rings. The van der Waals surface area contributed by atoms with E-state index in [-0.39, 0.29) is 74.3 Å². The minimum Gasteiger partial charge on any atom is -0.0776 e. The van der Waals surface area contributed by atoms with Crippen LogP contribution in [0.1, 0.15) is 140 Å². The predicted octanol–water partition coefficient (Wildman–Crippen LogP) is 11.0. The Labute approximate surface area is 152 Å². The van der Waals surface area contributed by atoms with Gasteiger partial charge in [0.1, 0.15) is 0 Å². The number of rotatable bonds is 7. The average molecular weight is 331 g/mol. The molecule has 0 aliphatic rings. The van der Waals surface area contributed by atoms with E-state index in [0.29, 0.717) is 0 Å². The van der Waals surface area contributed by atoms with E-state index in [1.165, 1.54) is 38.5 Å². The second-order valence-electron chi connectivity index (χ2n) is 4.78. The Morgan fingerprint density at radius 1 is 0.364 bits per heavy atom. The van der Waals surface area contributed by atoms with Gasteiger partial charge in [-0.2, -0.15) is 0 Å². The molecule has 154 valence electrons. The molecule has 0 aliphatic carbocycles. The summed E-state index contributed by atoms with van der Waals surface area (Å²) in [5, 5.41) is 0. The molecular formula is C22H66. The van der Waals surface area contributed by atoms with Gasteiger partial charge in [0, 0.05) is 0 Å². The van der Waals surface area contributed by atoms with E-state index >= 15 is 0 Å². The molecule has 0 atom stereocenters. The van der Waals surface area contributed by atoms with E-state index in [9.17, 15) is 0 Å². The van der Waals surface area contributed by atoms with Crippen molar-refractivity contribution in [3.05, 3.63) is 0 Å². The molecule has 0 nitrogen and oxygen atoms in total. The van der Waals surface area contributed by atoms with Gasteiger partial charge in [-0.05, 0) is 11.8 Å².